The summed E-state index contributed by atoms with van der Waals surface area (Å²) in [5.41, 5.74) is 1.14. The minimum Gasteiger partial charge on any atom is -0.756 e. The Balaban J connectivity index is 1.90. The SMILES string of the molecule is COP(=O)([O-])OCCCCCCNC(=O)CC1=CC=CC1. The zero-order chi connectivity index (χ0) is 15.6. The van der Waals surface area contributed by atoms with Gasteiger partial charge >= 0.3 is 0 Å². The zero-order valence-electron chi connectivity index (χ0n) is 12.4. The molecule has 1 aliphatic carbocycles. The maximum Gasteiger partial charge on any atom is 0.267 e. The molecule has 0 fully saturated rings. The quantitative estimate of drug-likeness (QED) is 0.466. The minimum absolute atomic E-state index is 0.0562. The highest BCUT2D eigenvalue weighted by atomic mass is 31.2. The van der Waals surface area contributed by atoms with Crippen LogP contribution in [0.25, 0.3) is 0 Å². The highest BCUT2D eigenvalue weighted by Crippen LogP contribution is 2.36. The molecule has 1 unspecified atom stereocenters. The fraction of sp³-hybridized carbons (Fsp3) is 0.643. The van der Waals surface area contributed by atoms with Crippen molar-refractivity contribution in [3.63, 3.8) is 0 Å². The van der Waals surface area contributed by atoms with Gasteiger partial charge in [0.1, 0.15) is 0 Å². The van der Waals surface area contributed by atoms with Crippen LogP contribution in [-0.2, 0) is 18.4 Å². The van der Waals surface area contributed by atoms with E-state index in [0.29, 0.717) is 19.4 Å². The number of allylic oxidation sites excluding steroid dienone is 3. The van der Waals surface area contributed by atoms with Gasteiger partial charge in [-0.1, -0.05) is 36.6 Å². The van der Waals surface area contributed by atoms with Gasteiger partial charge < -0.3 is 19.3 Å². The molecule has 21 heavy (non-hydrogen) atoms. The van der Waals surface area contributed by atoms with Crippen LogP contribution >= 0.6 is 7.82 Å². The minimum atomic E-state index is -4.08. The third kappa shape index (κ3) is 8.83. The first kappa shape index (κ1) is 18.1. The number of hydrogen-bond donors (Lipinski definition) is 1. The van der Waals surface area contributed by atoms with Crippen molar-refractivity contribution in [1.29, 1.82) is 0 Å². The van der Waals surface area contributed by atoms with Crippen molar-refractivity contribution in [2.45, 2.75) is 38.5 Å². The molecule has 0 aliphatic heterocycles. The van der Waals surface area contributed by atoms with Crippen molar-refractivity contribution >= 4 is 13.7 Å². The number of hydrogen-bond acceptors (Lipinski definition) is 5. The predicted octanol–water partition coefficient (Wildman–Crippen LogP) is 2.07. The van der Waals surface area contributed by atoms with Gasteiger partial charge in [-0.25, -0.2) is 0 Å². The summed E-state index contributed by atoms with van der Waals surface area (Å²) in [7, 11) is -3.00. The highest BCUT2D eigenvalue weighted by molar-refractivity contribution is 7.45. The lowest BCUT2D eigenvalue weighted by molar-refractivity contribution is -0.223. The van der Waals surface area contributed by atoms with Gasteiger partial charge in [-0.2, -0.15) is 0 Å². The molecule has 1 amide bonds. The first-order valence-electron chi connectivity index (χ1n) is 7.16. The van der Waals surface area contributed by atoms with Crippen LogP contribution in [0.1, 0.15) is 38.5 Å². The molecule has 0 aromatic rings. The van der Waals surface area contributed by atoms with Gasteiger partial charge in [0.25, 0.3) is 7.82 Å². The second-order valence-electron chi connectivity index (χ2n) is 4.86. The van der Waals surface area contributed by atoms with Crippen molar-refractivity contribution in [3.05, 3.63) is 23.8 Å². The topological polar surface area (TPSA) is 87.7 Å². The Labute approximate surface area is 125 Å². The van der Waals surface area contributed by atoms with Crippen LogP contribution in [0, 0.1) is 0 Å². The Hall–Kier alpha value is -0.940. The molecule has 0 spiro atoms. The zero-order valence-corrected chi connectivity index (χ0v) is 13.3. The molecule has 120 valence electrons. The van der Waals surface area contributed by atoms with Crippen LogP contribution in [0.4, 0.5) is 0 Å². The van der Waals surface area contributed by atoms with E-state index < -0.39 is 7.82 Å². The largest absolute Gasteiger partial charge is 0.756 e. The monoisotopic (exact) mass is 316 g/mol. The van der Waals surface area contributed by atoms with Gasteiger partial charge in [0.2, 0.25) is 5.91 Å². The van der Waals surface area contributed by atoms with Crippen LogP contribution in [0.15, 0.2) is 23.8 Å². The Kier molecular flexibility index (Phi) is 8.54. The summed E-state index contributed by atoms with van der Waals surface area (Å²) in [4.78, 5) is 22.5. The molecule has 1 N–H and O–H groups in total. The Morgan fingerprint density at radius 1 is 1.38 bits per heavy atom. The number of rotatable bonds is 11. The van der Waals surface area contributed by atoms with Crippen LogP contribution in [0.5, 0.6) is 0 Å². The van der Waals surface area contributed by atoms with Crippen LogP contribution in [0.2, 0.25) is 0 Å². The second kappa shape index (κ2) is 9.90. The van der Waals surface area contributed by atoms with E-state index in [1.165, 1.54) is 0 Å². The molecule has 0 aromatic carbocycles. The maximum absolute atomic E-state index is 11.6. The van der Waals surface area contributed by atoms with Crippen LogP contribution < -0.4 is 10.2 Å². The summed E-state index contributed by atoms with van der Waals surface area (Å²) in [6.45, 7) is 0.792. The molecular formula is C14H23NO5P-. The Bertz CT molecular complexity index is 433. The lowest BCUT2D eigenvalue weighted by atomic mass is 10.1. The van der Waals surface area contributed by atoms with Gasteiger partial charge in [0.15, 0.2) is 0 Å². The number of phosphoric ester groups is 1. The third-order valence-corrected chi connectivity index (χ3v) is 4.05. The average Bonchev–Trinajstić information content (AvgIpc) is 2.94. The molecule has 0 radical (unpaired) electrons. The van der Waals surface area contributed by atoms with Gasteiger partial charge in [-0.15, -0.1) is 0 Å². The molecule has 0 aromatic heterocycles. The Morgan fingerprint density at radius 2 is 2.14 bits per heavy atom. The smallest absolute Gasteiger partial charge is 0.267 e. The predicted molar refractivity (Wildman–Crippen MR) is 78.5 cm³/mol. The standard InChI is InChI=1S/C14H24NO5P/c1-19-21(17,18)20-11-7-3-2-6-10-15-14(16)12-13-8-4-5-9-13/h4-5,8H,2-3,6-7,9-12H2,1H3,(H,15,16)(H,17,18)/p-1. The Morgan fingerprint density at radius 3 is 2.81 bits per heavy atom. The highest BCUT2D eigenvalue weighted by Gasteiger charge is 2.06. The van der Waals surface area contributed by atoms with Crippen molar-refractivity contribution < 1.29 is 23.3 Å². The van der Waals surface area contributed by atoms with Crippen molar-refractivity contribution in [2.75, 3.05) is 20.3 Å². The van der Waals surface area contributed by atoms with Gasteiger partial charge in [0.05, 0.1) is 6.61 Å². The number of carbonyl (C=O) groups is 1. The number of carbonyl (C=O) groups excluding carboxylic acids is 1. The molecule has 0 bridgehead atoms. The molecule has 0 heterocycles. The molecule has 0 saturated carbocycles. The van der Waals surface area contributed by atoms with E-state index in [9.17, 15) is 14.3 Å². The molecule has 1 aliphatic rings. The summed E-state index contributed by atoms with van der Waals surface area (Å²) in [6, 6.07) is 0. The van der Waals surface area contributed by atoms with Gasteiger partial charge in [-0.05, 0) is 19.3 Å². The number of phosphoric acid groups is 1. The molecule has 6 nitrogen and oxygen atoms in total. The van der Waals surface area contributed by atoms with E-state index in [2.05, 4.69) is 14.4 Å². The summed E-state index contributed by atoms with van der Waals surface area (Å²) in [5, 5.41) is 2.88. The van der Waals surface area contributed by atoms with Gasteiger partial charge in [0, 0.05) is 20.1 Å². The molecule has 1 rings (SSSR count). The van der Waals surface area contributed by atoms with Crippen LogP contribution in [-0.4, -0.2) is 26.2 Å². The molecule has 7 heteroatoms. The summed E-state index contributed by atoms with van der Waals surface area (Å²) < 4.78 is 19.7. The van der Waals surface area contributed by atoms with Crippen molar-refractivity contribution in [3.8, 4) is 0 Å². The second-order valence-corrected chi connectivity index (χ2v) is 6.38. The van der Waals surface area contributed by atoms with Gasteiger partial charge in [-0.3, -0.25) is 9.36 Å². The first-order valence-corrected chi connectivity index (χ1v) is 8.62. The van der Waals surface area contributed by atoms with E-state index in [4.69, 9.17) is 0 Å². The van der Waals surface area contributed by atoms with E-state index in [0.717, 1.165) is 38.4 Å². The summed E-state index contributed by atoms with van der Waals surface area (Å²) >= 11 is 0. The molecule has 0 saturated heterocycles. The average molecular weight is 316 g/mol. The van der Waals surface area contributed by atoms with Crippen molar-refractivity contribution in [1.82, 2.24) is 5.32 Å². The molecular weight excluding hydrogens is 293 g/mol. The number of amides is 1. The fourth-order valence-electron chi connectivity index (χ4n) is 1.93. The van der Waals surface area contributed by atoms with E-state index in [1.54, 1.807) is 0 Å². The van der Waals surface area contributed by atoms with E-state index in [-0.39, 0.29) is 12.5 Å². The maximum atomic E-state index is 11.6. The first-order chi connectivity index (χ1) is 10.0. The van der Waals surface area contributed by atoms with Crippen molar-refractivity contribution in [2.24, 2.45) is 0 Å². The third-order valence-electron chi connectivity index (χ3n) is 3.10. The number of nitrogens with one attached hydrogen (secondary N) is 1. The normalized spacial score (nSPS) is 16.6. The summed E-state index contributed by atoms with van der Waals surface area (Å²) in [5.74, 6) is 0.0562. The lowest BCUT2D eigenvalue weighted by Crippen LogP contribution is -2.24. The van der Waals surface area contributed by atoms with Crippen LogP contribution in [0.3, 0.4) is 0 Å². The van der Waals surface area contributed by atoms with E-state index >= 15 is 0 Å². The summed E-state index contributed by atoms with van der Waals surface area (Å²) in [6.07, 6.45) is 10.6. The number of unbranched alkanes of at least 4 members (excludes halogenated alkanes) is 3. The molecule has 1 atom stereocenters. The lowest BCUT2D eigenvalue weighted by Gasteiger charge is -2.19. The van der Waals surface area contributed by atoms with E-state index in [1.807, 2.05) is 18.2 Å². The fourth-order valence-corrected chi connectivity index (χ4v) is 2.39.